The second kappa shape index (κ2) is 6.48. The number of anilines is 2. The van der Waals surface area contributed by atoms with Crippen LogP contribution in [0.5, 0.6) is 0 Å². The van der Waals surface area contributed by atoms with Gasteiger partial charge in [-0.1, -0.05) is 0 Å². The van der Waals surface area contributed by atoms with Crippen molar-refractivity contribution in [3.05, 3.63) is 52.9 Å². The highest BCUT2D eigenvalue weighted by Gasteiger charge is 2.21. The fourth-order valence-electron chi connectivity index (χ4n) is 2.59. The Labute approximate surface area is 139 Å². The largest absolute Gasteiger partial charge is 0.327 e. The lowest BCUT2D eigenvalue weighted by atomic mass is 10.1. The molecule has 1 aromatic heterocycles. The molecule has 0 unspecified atom stereocenters. The summed E-state index contributed by atoms with van der Waals surface area (Å²) in [5.41, 5.74) is 0.112. The smallest absolute Gasteiger partial charge is 0.272 e. The second-order valence-corrected chi connectivity index (χ2v) is 7.20. The Balaban J connectivity index is 1.83. The molecule has 3 rings (SSSR count). The van der Waals surface area contributed by atoms with Crippen molar-refractivity contribution in [2.24, 2.45) is 0 Å². The van der Waals surface area contributed by atoms with Gasteiger partial charge in [-0.25, -0.2) is 8.42 Å². The Bertz CT molecular complexity index is 903. The van der Waals surface area contributed by atoms with Gasteiger partial charge >= 0.3 is 0 Å². The summed E-state index contributed by atoms with van der Waals surface area (Å²) < 4.78 is 27.0. The second-order valence-electron chi connectivity index (χ2n) is 5.51. The molecular formula is C16H17N3O4S. The van der Waals surface area contributed by atoms with E-state index in [2.05, 4.69) is 9.71 Å². The van der Waals surface area contributed by atoms with Gasteiger partial charge in [0.25, 0.3) is 15.6 Å². The normalized spacial score (nSPS) is 15.3. The van der Waals surface area contributed by atoms with Crippen LogP contribution >= 0.6 is 0 Å². The van der Waals surface area contributed by atoms with E-state index in [1.165, 1.54) is 30.5 Å². The van der Waals surface area contributed by atoms with Gasteiger partial charge in [-0.15, -0.1) is 0 Å². The number of nitrogens with one attached hydrogen (secondary N) is 2. The zero-order chi connectivity index (χ0) is 17.2. The standard InChI is InChI=1S/C16H17N3O4S/c20-15-5-1-2-11-19(15)12-6-8-13(9-7-12)24(22,23)18-14-4-3-10-17-16(14)21/h3-4,6-10,18H,1-2,5,11H2,(H,17,21). The first kappa shape index (κ1) is 16.3. The Kier molecular flexibility index (Phi) is 4.39. The van der Waals surface area contributed by atoms with Crippen molar-refractivity contribution < 1.29 is 13.2 Å². The minimum Gasteiger partial charge on any atom is -0.327 e. The lowest BCUT2D eigenvalue weighted by Crippen LogP contribution is -2.35. The van der Waals surface area contributed by atoms with E-state index in [1.54, 1.807) is 17.0 Å². The van der Waals surface area contributed by atoms with Crippen molar-refractivity contribution in [1.29, 1.82) is 0 Å². The van der Waals surface area contributed by atoms with E-state index in [9.17, 15) is 18.0 Å². The van der Waals surface area contributed by atoms with Gasteiger partial charge in [0.1, 0.15) is 5.69 Å². The summed E-state index contributed by atoms with van der Waals surface area (Å²) >= 11 is 0. The van der Waals surface area contributed by atoms with Crippen LogP contribution in [0.1, 0.15) is 19.3 Å². The van der Waals surface area contributed by atoms with Gasteiger partial charge in [0, 0.05) is 24.8 Å². The fourth-order valence-corrected chi connectivity index (χ4v) is 3.65. The summed E-state index contributed by atoms with van der Waals surface area (Å²) in [7, 11) is -3.87. The molecule has 2 heterocycles. The van der Waals surface area contributed by atoms with Crippen molar-refractivity contribution >= 4 is 27.3 Å². The molecule has 1 aromatic carbocycles. The summed E-state index contributed by atoms with van der Waals surface area (Å²) in [4.78, 5) is 27.6. The highest BCUT2D eigenvalue weighted by atomic mass is 32.2. The van der Waals surface area contributed by atoms with Gasteiger partial charge in [-0.3, -0.25) is 14.3 Å². The third kappa shape index (κ3) is 3.33. The van der Waals surface area contributed by atoms with Crippen LogP contribution < -0.4 is 15.2 Å². The minimum atomic E-state index is -3.87. The van der Waals surface area contributed by atoms with Crippen molar-refractivity contribution in [1.82, 2.24) is 4.98 Å². The summed E-state index contributed by atoms with van der Waals surface area (Å²) in [6.07, 6.45) is 3.75. The zero-order valence-electron chi connectivity index (χ0n) is 12.9. The SMILES string of the molecule is O=C1CCCCN1c1ccc(S(=O)(=O)Nc2ccc[nH]c2=O)cc1. The predicted octanol–water partition coefficient (Wildman–Crippen LogP) is 1.69. The molecule has 1 aliphatic heterocycles. The summed E-state index contributed by atoms with van der Waals surface area (Å²) in [5.74, 6) is 0.0470. The number of amides is 1. The highest BCUT2D eigenvalue weighted by Crippen LogP contribution is 2.23. The Hall–Kier alpha value is -2.61. The molecule has 2 N–H and O–H groups in total. The first-order valence-electron chi connectivity index (χ1n) is 7.58. The number of pyridine rings is 1. The number of aromatic amines is 1. The maximum Gasteiger partial charge on any atom is 0.272 e. The molecule has 0 aliphatic carbocycles. The number of hydrogen-bond acceptors (Lipinski definition) is 4. The van der Waals surface area contributed by atoms with E-state index >= 15 is 0 Å². The number of aromatic nitrogens is 1. The first-order valence-corrected chi connectivity index (χ1v) is 9.07. The molecule has 126 valence electrons. The lowest BCUT2D eigenvalue weighted by molar-refractivity contribution is -0.119. The minimum absolute atomic E-state index is 0.0268. The molecule has 8 heteroatoms. The molecular weight excluding hydrogens is 330 g/mol. The van der Waals surface area contributed by atoms with E-state index in [0.717, 1.165) is 12.8 Å². The molecule has 1 aliphatic rings. The van der Waals surface area contributed by atoms with Crippen molar-refractivity contribution in [3.8, 4) is 0 Å². The average molecular weight is 347 g/mol. The van der Waals surface area contributed by atoms with Crippen LogP contribution in [0.2, 0.25) is 0 Å². The molecule has 24 heavy (non-hydrogen) atoms. The van der Waals surface area contributed by atoms with E-state index in [1.807, 2.05) is 0 Å². The lowest BCUT2D eigenvalue weighted by Gasteiger charge is -2.26. The zero-order valence-corrected chi connectivity index (χ0v) is 13.7. The average Bonchev–Trinajstić information content (AvgIpc) is 2.57. The molecule has 1 saturated heterocycles. The van der Waals surface area contributed by atoms with E-state index in [0.29, 0.717) is 18.7 Å². The van der Waals surface area contributed by atoms with Crippen LogP contribution in [0.3, 0.4) is 0 Å². The van der Waals surface area contributed by atoms with Crippen LogP contribution in [0.4, 0.5) is 11.4 Å². The topological polar surface area (TPSA) is 99.3 Å². The van der Waals surface area contributed by atoms with Crippen molar-refractivity contribution in [2.75, 3.05) is 16.2 Å². The maximum atomic E-state index is 12.4. The number of rotatable bonds is 4. The number of piperidine rings is 1. The van der Waals surface area contributed by atoms with E-state index in [-0.39, 0.29) is 16.5 Å². The Morgan fingerprint density at radius 2 is 1.79 bits per heavy atom. The van der Waals surface area contributed by atoms with Gasteiger partial charge in [-0.2, -0.15) is 0 Å². The van der Waals surface area contributed by atoms with Crippen LogP contribution in [0, 0.1) is 0 Å². The third-order valence-electron chi connectivity index (χ3n) is 3.84. The molecule has 0 radical (unpaired) electrons. The first-order chi connectivity index (χ1) is 11.5. The Morgan fingerprint density at radius 3 is 2.46 bits per heavy atom. The monoisotopic (exact) mass is 347 g/mol. The third-order valence-corrected chi connectivity index (χ3v) is 5.23. The van der Waals surface area contributed by atoms with Crippen molar-refractivity contribution in [2.45, 2.75) is 24.2 Å². The molecule has 1 fully saturated rings. The number of H-pyrrole nitrogens is 1. The summed E-state index contributed by atoms with van der Waals surface area (Å²) in [6.45, 7) is 0.641. The number of benzene rings is 1. The Morgan fingerprint density at radius 1 is 1.04 bits per heavy atom. The van der Waals surface area contributed by atoms with Gasteiger partial charge in [0.2, 0.25) is 5.91 Å². The molecule has 1 amide bonds. The van der Waals surface area contributed by atoms with Gasteiger partial charge in [-0.05, 0) is 49.2 Å². The van der Waals surface area contributed by atoms with Crippen LogP contribution in [0.25, 0.3) is 0 Å². The molecule has 0 atom stereocenters. The molecule has 0 spiro atoms. The predicted molar refractivity (Wildman–Crippen MR) is 90.5 cm³/mol. The highest BCUT2D eigenvalue weighted by molar-refractivity contribution is 7.92. The summed E-state index contributed by atoms with van der Waals surface area (Å²) in [6, 6.07) is 8.98. The van der Waals surface area contributed by atoms with Gasteiger partial charge < -0.3 is 9.88 Å². The number of nitrogens with zero attached hydrogens (tertiary/aromatic N) is 1. The van der Waals surface area contributed by atoms with Crippen LogP contribution in [0.15, 0.2) is 52.3 Å². The van der Waals surface area contributed by atoms with Gasteiger partial charge in [0.15, 0.2) is 0 Å². The van der Waals surface area contributed by atoms with Gasteiger partial charge in [0.05, 0.1) is 4.90 Å². The van der Waals surface area contributed by atoms with Crippen molar-refractivity contribution in [3.63, 3.8) is 0 Å². The fraction of sp³-hybridized carbons (Fsp3) is 0.250. The number of carbonyl (C=O) groups is 1. The van der Waals surface area contributed by atoms with E-state index in [4.69, 9.17) is 0 Å². The number of carbonyl (C=O) groups excluding carboxylic acids is 1. The number of sulfonamides is 1. The maximum absolute atomic E-state index is 12.4. The molecule has 7 nitrogen and oxygen atoms in total. The van der Waals surface area contributed by atoms with E-state index < -0.39 is 15.6 Å². The quantitative estimate of drug-likeness (QED) is 0.879. The summed E-state index contributed by atoms with van der Waals surface area (Å²) in [5, 5.41) is 0. The molecule has 0 saturated carbocycles. The van der Waals surface area contributed by atoms with Crippen LogP contribution in [-0.2, 0) is 14.8 Å². The number of hydrogen-bond donors (Lipinski definition) is 2. The molecule has 2 aromatic rings. The molecule has 0 bridgehead atoms. The van der Waals surface area contributed by atoms with Crippen LogP contribution in [-0.4, -0.2) is 25.9 Å².